The maximum atomic E-state index is 13.0. The lowest BCUT2D eigenvalue weighted by molar-refractivity contribution is -0.150. The summed E-state index contributed by atoms with van der Waals surface area (Å²) in [7, 11) is -3.85. The summed E-state index contributed by atoms with van der Waals surface area (Å²) in [5.41, 5.74) is 0.0377. The predicted molar refractivity (Wildman–Crippen MR) is 73.3 cm³/mol. The first-order valence-electron chi connectivity index (χ1n) is 6.39. The van der Waals surface area contributed by atoms with Crippen molar-refractivity contribution in [1.29, 1.82) is 0 Å². The van der Waals surface area contributed by atoms with Gasteiger partial charge in [0, 0.05) is 6.54 Å². The van der Waals surface area contributed by atoms with E-state index >= 15 is 0 Å². The molecule has 1 rings (SSSR count). The topological polar surface area (TPSA) is 66.4 Å². The number of sulfonamides is 1. The summed E-state index contributed by atoms with van der Waals surface area (Å²) in [6, 6.07) is 7.21. The number of alkyl halides is 3. The van der Waals surface area contributed by atoms with Crippen LogP contribution in [0, 0.1) is 0 Å². The Morgan fingerprint density at radius 1 is 1.24 bits per heavy atom. The Balaban J connectivity index is 2.76. The average Bonchev–Trinajstić information content (AvgIpc) is 2.36. The Labute approximate surface area is 122 Å². The number of halogens is 3. The largest absolute Gasteiger partial charge is 0.395 e. The van der Waals surface area contributed by atoms with Gasteiger partial charge in [-0.3, -0.25) is 0 Å². The first-order chi connectivity index (χ1) is 9.62. The minimum absolute atomic E-state index is 0.0377. The molecule has 2 N–H and O–H groups in total. The van der Waals surface area contributed by atoms with Gasteiger partial charge >= 0.3 is 6.18 Å². The molecule has 0 aromatic heterocycles. The molecule has 0 aliphatic heterocycles. The number of rotatable bonds is 7. The number of hydrogen-bond acceptors (Lipinski definition) is 3. The van der Waals surface area contributed by atoms with E-state index < -0.39 is 40.4 Å². The Morgan fingerprint density at radius 3 is 2.29 bits per heavy atom. The highest BCUT2D eigenvalue weighted by Gasteiger charge is 2.40. The molecular weight excluding hydrogens is 307 g/mol. The third-order valence-electron chi connectivity index (χ3n) is 2.87. The van der Waals surface area contributed by atoms with Crippen molar-refractivity contribution in [2.24, 2.45) is 0 Å². The van der Waals surface area contributed by atoms with Gasteiger partial charge in [-0.2, -0.15) is 13.2 Å². The van der Waals surface area contributed by atoms with Gasteiger partial charge in [-0.1, -0.05) is 30.3 Å². The number of aliphatic hydroxyl groups excluding tert-OH is 1. The smallest absolute Gasteiger partial charge is 0.392 e. The zero-order valence-electron chi connectivity index (χ0n) is 11.5. The molecule has 0 bridgehead atoms. The van der Waals surface area contributed by atoms with Gasteiger partial charge in [0.25, 0.3) is 0 Å². The summed E-state index contributed by atoms with van der Waals surface area (Å²) in [6.45, 7) is 1.16. The fourth-order valence-electron chi connectivity index (χ4n) is 1.80. The van der Waals surface area contributed by atoms with Gasteiger partial charge in [0.05, 0.1) is 17.8 Å². The Hall–Kier alpha value is -1.12. The van der Waals surface area contributed by atoms with E-state index in [1.54, 1.807) is 6.07 Å². The minimum Gasteiger partial charge on any atom is -0.392 e. The lowest BCUT2D eigenvalue weighted by Crippen LogP contribution is -2.34. The molecule has 0 radical (unpaired) electrons. The third kappa shape index (κ3) is 6.45. The van der Waals surface area contributed by atoms with Crippen LogP contribution in [0.4, 0.5) is 13.2 Å². The summed E-state index contributed by atoms with van der Waals surface area (Å²) < 4.78 is 64.4. The standard InChI is InChI=1S/C13H18F3NO3S/c1-10(18)9-17-21(19,20)8-7-12(13(14,15)16)11-5-3-2-4-6-11/h2-6,10,12,17-18H,7-9H2,1H3/t10-,12?/m0/s1. The van der Waals surface area contributed by atoms with E-state index in [1.807, 2.05) is 0 Å². The van der Waals surface area contributed by atoms with Crippen molar-refractivity contribution in [3.63, 3.8) is 0 Å². The number of benzene rings is 1. The molecule has 2 atom stereocenters. The van der Waals surface area contributed by atoms with Crippen molar-refractivity contribution < 1.29 is 26.7 Å². The maximum Gasteiger partial charge on any atom is 0.395 e. The molecule has 4 nitrogen and oxygen atoms in total. The van der Waals surface area contributed by atoms with Crippen molar-refractivity contribution >= 4 is 10.0 Å². The van der Waals surface area contributed by atoms with E-state index in [9.17, 15) is 21.6 Å². The second kappa shape index (κ2) is 7.24. The van der Waals surface area contributed by atoms with E-state index in [1.165, 1.54) is 31.2 Å². The van der Waals surface area contributed by atoms with Crippen molar-refractivity contribution in [3.8, 4) is 0 Å². The van der Waals surface area contributed by atoms with Crippen LogP contribution in [0.25, 0.3) is 0 Å². The molecule has 1 aromatic rings. The summed E-state index contributed by atoms with van der Waals surface area (Å²) in [4.78, 5) is 0. The highest BCUT2D eigenvalue weighted by Crippen LogP contribution is 2.37. The van der Waals surface area contributed by atoms with Crippen molar-refractivity contribution in [1.82, 2.24) is 4.72 Å². The first kappa shape index (κ1) is 17.9. The second-order valence-electron chi connectivity index (χ2n) is 4.81. The molecule has 0 saturated heterocycles. The van der Waals surface area contributed by atoms with Gasteiger partial charge in [-0.25, -0.2) is 13.1 Å². The van der Waals surface area contributed by atoms with Gasteiger partial charge in [0.1, 0.15) is 0 Å². The first-order valence-corrected chi connectivity index (χ1v) is 8.04. The molecule has 0 heterocycles. The summed E-state index contributed by atoms with van der Waals surface area (Å²) in [5.74, 6) is -2.49. The van der Waals surface area contributed by atoms with Crippen LogP contribution < -0.4 is 4.72 Å². The normalized spacial score (nSPS) is 15.7. The summed E-state index contributed by atoms with van der Waals surface area (Å²) in [5, 5.41) is 8.99. The van der Waals surface area contributed by atoms with Gasteiger partial charge in [-0.05, 0) is 18.9 Å². The van der Waals surface area contributed by atoms with E-state index in [4.69, 9.17) is 5.11 Å². The molecule has 0 amide bonds. The Kier molecular flexibility index (Phi) is 6.18. The van der Waals surface area contributed by atoms with Crippen LogP contribution in [0.3, 0.4) is 0 Å². The molecule has 1 aromatic carbocycles. The third-order valence-corrected chi connectivity index (χ3v) is 4.25. The zero-order chi connectivity index (χ0) is 16.1. The maximum absolute atomic E-state index is 13.0. The van der Waals surface area contributed by atoms with Crippen LogP contribution in [0.15, 0.2) is 30.3 Å². The summed E-state index contributed by atoms with van der Waals surface area (Å²) >= 11 is 0. The van der Waals surface area contributed by atoms with Crippen LogP contribution in [-0.2, 0) is 10.0 Å². The van der Waals surface area contributed by atoms with Crippen LogP contribution >= 0.6 is 0 Å². The van der Waals surface area contributed by atoms with Gasteiger partial charge < -0.3 is 5.11 Å². The van der Waals surface area contributed by atoms with Crippen molar-refractivity contribution in [2.45, 2.75) is 31.5 Å². The molecule has 0 fully saturated rings. The molecule has 0 spiro atoms. The fourth-order valence-corrected chi connectivity index (χ4v) is 2.98. The minimum atomic E-state index is -4.51. The van der Waals surface area contributed by atoms with Crippen LogP contribution in [0.1, 0.15) is 24.8 Å². The predicted octanol–water partition coefficient (Wildman–Crippen LogP) is 2.02. The van der Waals surface area contributed by atoms with E-state index in [0.29, 0.717) is 0 Å². The van der Waals surface area contributed by atoms with Crippen LogP contribution in [-0.4, -0.2) is 38.1 Å². The lowest BCUT2D eigenvalue weighted by atomic mass is 9.96. The van der Waals surface area contributed by atoms with Crippen LogP contribution in [0.2, 0.25) is 0 Å². The molecule has 0 aliphatic rings. The van der Waals surface area contributed by atoms with Gasteiger partial charge in [-0.15, -0.1) is 0 Å². The zero-order valence-corrected chi connectivity index (χ0v) is 12.3. The molecule has 120 valence electrons. The molecular formula is C13H18F3NO3S. The van der Waals surface area contributed by atoms with Crippen molar-refractivity contribution in [2.75, 3.05) is 12.3 Å². The molecule has 0 saturated carbocycles. The van der Waals surface area contributed by atoms with E-state index in [-0.39, 0.29) is 12.1 Å². The monoisotopic (exact) mass is 325 g/mol. The van der Waals surface area contributed by atoms with Gasteiger partial charge in [0.15, 0.2) is 0 Å². The second-order valence-corrected chi connectivity index (χ2v) is 6.74. The highest BCUT2D eigenvalue weighted by molar-refractivity contribution is 7.89. The van der Waals surface area contributed by atoms with Crippen molar-refractivity contribution in [3.05, 3.63) is 35.9 Å². The average molecular weight is 325 g/mol. The molecule has 0 aliphatic carbocycles. The Morgan fingerprint density at radius 2 is 1.81 bits per heavy atom. The molecule has 8 heteroatoms. The van der Waals surface area contributed by atoms with Gasteiger partial charge in [0.2, 0.25) is 10.0 Å². The quantitative estimate of drug-likeness (QED) is 0.806. The number of hydrogen-bond donors (Lipinski definition) is 2. The highest BCUT2D eigenvalue weighted by atomic mass is 32.2. The van der Waals surface area contributed by atoms with Crippen LogP contribution in [0.5, 0.6) is 0 Å². The summed E-state index contributed by atoms with van der Waals surface area (Å²) in [6.07, 6.45) is -5.98. The number of aliphatic hydroxyl groups is 1. The molecule has 1 unspecified atom stereocenters. The van der Waals surface area contributed by atoms with E-state index in [2.05, 4.69) is 4.72 Å². The molecule has 21 heavy (non-hydrogen) atoms. The number of nitrogens with one attached hydrogen (secondary N) is 1. The lowest BCUT2D eigenvalue weighted by Gasteiger charge is -2.20. The SMILES string of the molecule is C[C@H](O)CNS(=O)(=O)CCC(c1ccccc1)C(F)(F)F. The Bertz CT molecular complexity index is 529. The van der Waals surface area contributed by atoms with E-state index in [0.717, 1.165) is 0 Å². The fraction of sp³-hybridized carbons (Fsp3) is 0.538.